The van der Waals surface area contributed by atoms with Crippen LogP contribution in [0.25, 0.3) is 0 Å². The molecule has 0 amide bonds. The van der Waals surface area contributed by atoms with Crippen LogP contribution >= 0.6 is 0 Å². The minimum absolute atomic E-state index is 0.0789. The summed E-state index contributed by atoms with van der Waals surface area (Å²) in [7, 11) is -3.78. The molecule has 1 unspecified atom stereocenters. The van der Waals surface area contributed by atoms with Crippen LogP contribution in [0.15, 0.2) is 0 Å². The molecule has 1 aliphatic heterocycles. The SMILES string of the molecule is CCC(C(=O)O)S(=O)(=O)NC1CCN(C(C)C)CC1. The second-order valence-electron chi connectivity index (χ2n) is 5.30. The fourth-order valence-corrected chi connectivity index (χ4v) is 3.94. The number of carboxylic acids is 1. The Hall–Kier alpha value is -0.660. The van der Waals surface area contributed by atoms with Gasteiger partial charge >= 0.3 is 5.97 Å². The number of nitrogens with one attached hydrogen (secondary N) is 1. The smallest absolute Gasteiger partial charge is 0.323 e. The molecule has 1 fully saturated rings. The number of likely N-dealkylation sites (tertiary alicyclic amines) is 1. The van der Waals surface area contributed by atoms with Crippen LogP contribution in [0.3, 0.4) is 0 Å². The first-order valence-electron chi connectivity index (χ1n) is 6.76. The summed E-state index contributed by atoms with van der Waals surface area (Å²) >= 11 is 0. The largest absolute Gasteiger partial charge is 0.480 e. The summed E-state index contributed by atoms with van der Waals surface area (Å²) in [6.07, 6.45) is 1.54. The highest BCUT2D eigenvalue weighted by atomic mass is 32.2. The zero-order valence-corrected chi connectivity index (χ0v) is 12.6. The van der Waals surface area contributed by atoms with Crippen molar-refractivity contribution in [2.24, 2.45) is 0 Å². The summed E-state index contributed by atoms with van der Waals surface area (Å²) in [5.41, 5.74) is 0. The third-order valence-electron chi connectivity index (χ3n) is 3.61. The summed E-state index contributed by atoms with van der Waals surface area (Å²) in [5, 5.41) is 7.57. The first kappa shape index (κ1) is 16.4. The zero-order chi connectivity index (χ0) is 14.6. The molecule has 7 heteroatoms. The summed E-state index contributed by atoms with van der Waals surface area (Å²) in [4.78, 5) is 13.2. The first-order chi connectivity index (χ1) is 8.77. The molecule has 1 saturated heterocycles. The summed E-state index contributed by atoms with van der Waals surface area (Å²) in [5.74, 6) is -1.28. The molecule has 0 spiro atoms. The van der Waals surface area contributed by atoms with Gasteiger partial charge in [0, 0.05) is 12.1 Å². The van der Waals surface area contributed by atoms with Gasteiger partial charge in [-0.15, -0.1) is 0 Å². The second kappa shape index (κ2) is 6.67. The Kier molecular flexibility index (Phi) is 5.76. The highest BCUT2D eigenvalue weighted by molar-refractivity contribution is 7.90. The monoisotopic (exact) mass is 292 g/mol. The number of nitrogens with zero attached hydrogens (tertiary/aromatic N) is 1. The van der Waals surface area contributed by atoms with Gasteiger partial charge in [0.1, 0.15) is 0 Å². The van der Waals surface area contributed by atoms with Gasteiger partial charge in [-0.05, 0) is 46.2 Å². The lowest BCUT2D eigenvalue weighted by Gasteiger charge is -2.35. The van der Waals surface area contributed by atoms with Crippen molar-refractivity contribution in [2.75, 3.05) is 13.1 Å². The minimum atomic E-state index is -3.78. The van der Waals surface area contributed by atoms with Gasteiger partial charge in [-0.3, -0.25) is 4.79 Å². The number of piperidine rings is 1. The van der Waals surface area contributed by atoms with Gasteiger partial charge in [0.2, 0.25) is 10.0 Å². The number of carbonyl (C=O) groups is 1. The van der Waals surface area contributed by atoms with E-state index in [1.165, 1.54) is 0 Å². The molecule has 1 atom stereocenters. The number of hydrogen-bond acceptors (Lipinski definition) is 4. The Labute approximate surface area is 115 Å². The molecule has 0 saturated carbocycles. The van der Waals surface area contributed by atoms with E-state index in [4.69, 9.17) is 5.11 Å². The van der Waals surface area contributed by atoms with E-state index >= 15 is 0 Å². The highest BCUT2D eigenvalue weighted by Crippen LogP contribution is 2.15. The van der Waals surface area contributed by atoms with E-state index in [0.29, 0.717) is 6.04 Å². The van der Waals surface area contributed by atoms with Crippen LogP contribution in [0.4, 0.5) is 0 Å². The molecular formula is C12H24N2O4S. The summed E-state index contributed by atoms with van der Waals surface area (Å²) in [6.45, 7) is 7.48. The fourth-order valence-electron chi connectivity index (χ4n) is 2.37. The molecule has 1 aliphatic rings. The standard InChI is InChI=1S/C12H24N2O4S/c1-4-11(12(15)16)19(17,18)13-10-5-7-14(8-6-10)9(2)3/h9-11,13H,4-8H2,1-3H3,(H,15,16). The van der Waals surface area contributed by atoms with E-state index in [2.05, 4.69) is 23.5 Å². The average molecular weight is 292 g/mol. The maximum atomic E-state index is 12.0. The fraction of sp³-hybridized carbons (Fsp3) is 0.917. The third-order valence-corrected chi connectivity index (χ3v) is 5.56. The van der Waals surface area contributed by atoms with E-state index in [0.717, 1.165) is 25.9 Å². The molecule has 0 aromatic carbocycles. The van der Waals surface area contributed by atoms with Crippen LogP contribution in [-0.2, 0) is 14.8 Å². The van der Waals surface area contributed by atoms with E-state index in [-0.39, 0.29) is 12.5 Å². The average Bonchev–Trinajstić information content (AvgIpc) is 2.28. The van der Waals surface area contributed by atoms with Gasteiger partial charge < -0.3 is 10.0 Å². The van der Waals surface area contributed by atoms with E-state index < -0.39 is 21.2 Å². The van der Waals surface area contributed by atoms with Crippen molar-refractivity contribution >= 4 is 16.0 Å². The van der Waals surface area contributed by atoms with Gasteiger partial charge in [-0.2, -0.15) is 0 Å². The first-order valence-corrected chi connectivity index (χ1v) is 8.30. The van der Waals surface area contributed by atoms with Gasteiger partial charge in [0.15, 0.2) is 5.25 Å². The molecule has 0 radical (unpaired) electrons. The van der Waals surface area contributed by atoms with Crippen molar-refractivity contribution in [3.05, 3.63) is 0 Å². The van der Waals surface area contributed by atoms with Crippen molar-refractivity contribution in [1.82, 2.24) is 9.62 Å². The molecule has 0 bridgehead atoms. The van der Waals surface area contributed by atoms with Crippen LogP contribution < -0.4 is 4.72 Å². The molecule has 0 aromatic heterocycles. The maximum Gasteiger partial charge on any atom is 0.323 e. The molecule has 1 heterocycles. The number of rotatable bonds is 6. The zero-order valence-electron chi connectivity index (χ0n) is 11.8. The normalized spacial score (nSPS) is 20.6. The van der Waals surface area contributed by atoms with E-state index in [1.807, 2.05) is 0 Å². The molecule has 112 valence electrons. The molecule has 2 N–H and O–H groups in total. The number of hydrogen-bond donors (Lipinski definition) is 2. The van der Waals surface area contributed by atoms with Crippen molar-refractivity contribution < 1.29 is 18.3 Å². The van der Waals surface area contributed by atoms with Gasteiger partial charge in [0.05, 0.1) is 0 Å². The molecule has 6 nitrogen and oxygen atoms in total. The van der Waals surface area contributed by atoms with Crippen molar-refractivity contribution in [3.63, 3.8) is 0 Å². The topological polar surface area (TPSA) is 86.7 Å². The van der Waals surface area contributed by atoms with Crippen molar-refractivity contribution in [1.29, 1.82) is 0 Å². The third kappa shape index (κ3) is 4.43. The Morgan fingerprint density at radius 2 is 1.89 bits per heavy atom. The van der Waals surface area contributed by atoms with E-state index in [1.54, 1.807) is 6.92 Å². The predicted octanol–water partition coefficient (Wildman–Crippen LogP) is 0.642. The van der Waals surface area contributed by atoms with Crippen LogP contribution in [0.1, 0.15) is 40.0 Å². The van der Waals surface area contributed by atoms with Gasteiger partial charge in [0.25, 0.3) is 0 Å². The van der Waals surface area contributed by atoms with Crippen molar-refractivity contribution in [3.8, 4) is 0 Å². The van der Waals surface area contributed by atoms with Crippen molar-refractivity contribution in [2.45, 2.75) is 57.4 Å². The summed E-state index contributed by atoms with van der Waals surface area (Å²) < 4.78 is 26.5. The Bertz CT molecular complexity index is 400. The maximum absolute atomic E-state index is 12.0. The van der Waals surface area contributed by atoms with E-state index in [9.17, 15) is 13.2 Å². The Morgan fingerprint density at radius 1 is 1.37 bits per heavy atom. The lowest BCUT2D eigenvalue weighted by molar-refractivity contribution is -0.136. The number of aliphatic carboxylic acids is 1. The van der Waals surface area contributed by atoms with Crippen LogP contribution in [0, 0.1) is 0 Å². The Balaban J connectivity index is 2.59. The summed E-state index contributed by atoms with van der Waals surface area (Å²) in [6, 6.07) is 0.313. The Morgan fingerprint density at radius 3 is 2.26 bits per heavy atom. The predicted molar refractivity (Wildman–Crippen MR) is 73.5 cm³/mol. The number of sulfonamides is 1. The van der Waals surface area contributed by atoms with Crippen LogP contribution in [0.5, 0.6) is 0 Å². The highest BCUT2D eigenvalue weighted by Gasteiger charge is 2.33. The van der Waals surface area contributed by atoms with Gasteiger partial charge in [-0.1, -0.05) is 6.92 Å². The lowest BCUT2D eigenvalue weighted by Crippen LogP contribution is -2.49. The van der Waals surface area contributed by atoms with Crippen LogP contribution in [0.2, 0.25) is 0 Å². The molecule has 0 aromatic rings. The molecule has 1 rings (SSSR count). The van der Waals surface area contributed by atoms with Gasteiger partial charge in [-0.25, -0.2) is 13.1 Å². The molecule has 19 heavy (non-hydrogen) atoms. The van der Waals surface area contributed by atoms with Crippen LogP contribution in [-0.4, -0.2) is 54.8 Å². The molecule has 0 aliphatic carbocycles. The lowest BCUT2D eigenvalue weighted by atomic mass is 10.1. The molecular weight excluding hydrogens is 268 g/mol. The second-order valence-corrected chi connectivity index (χ2v) is 7.20. The minimum Gasteiger partial charge on any atom is -0.480 e. The quantitative estimate of drug-likeness (QED) is 0.750. The number of carboxylic acid groups (broad SMARTS) is 1.